The number of benzene rings is 1. The second-order valence-corrected chi connectivity index (χ2v) is 9.53. The number of nitrogens with one attached hydrogen (secondary N) is 1. The third-order valence-electron chi connectivity index (χ3n) is 7.17. The molecule has 3 heterocycles. The number of hydrogen-bond donors (Lipinski definition) is 2. The lowest BCUT2D eigenvalue weighted by atomic mass is 9.93. The lowest BCUT2D eigenvalue weighted by Gasteiger charge is -2.27. The van der Waals surface area contributed by atoms with E-state index < -0.39 is 18.6 Å². The van der Waals surface area contributed by atoms with Gasteiger partial charge in [-0.25, -0.2) is 13.3 Å². The highest BCUT2D eigenvalue weighted by molar-refractivity contribution is 5.86. The standard InChI is InChI=1S/C25H25F2N5O2/c26-20(27)14-34-22-21-18(16-4-5-19-17(13-16)3-1-2-11-28-19)6-12-32(21)31-23(29-22)30-24-7-9-25(33,15-24)10-8-24/h1-2,4-6,11-13,20,33H,3,7-10,14-15H2,(H,30,31). The predicted octanol–water partition coefficient (Wildman–Crippen LogP) is 4.71. The van der Waals surface area contributed by atoms with Gasteiger partial charge in [-0.2, -0.15) is 4.98 Å². The van der Waals surface area contributed by atoms with Crippen molar-refractivity contribution in [3.8, 4) is 17.0 Å². The van der Waals surface area contributed by atoms with Crippen molar-refractivity contribution in [2.45, 2.75) is 56.1 Å². The first-order valence-electron chi connectivity index (χ1n) is 11.6. The fourth-order valence-electron chi connectivity index (χ4n) is 5.53. The Morgan fingerprint density at radius 3 is 2.79 bits per heavy atom. The molecule has 1 aliphatic heterocycles. The van der Waals surface area contributed by atoms with Crippen LogP contribution in [-0.2, 0) is 6.42 Å². The largest absolute Gasteiger partial charge is 0.470 e. The van der Waals surface area contributed by atoms with Gasteiger partial charge >= 0.3 is 0 Å². The number of rotatable bonds is 6. The zero-order chi connectivity index (χ0) is 23.3. The SMILES string of the molecule is OC12CCC(Nc3nc(OCC(F)F)c4c(-c5ccc6c(c5)CC=CC=N6)ccn4n3)(CC1)C2. The molecule has 0 amide bonds. The molecular weight excluding hydrogens is 440 g/mol. The number of allylic oxidation sites excluding steroid dienone is 2. The summed E-state index contributed by atoms with van der Waals surface area (Å²) in [6, 6.07) is 7.85. The van der Waals surface area contributed by atoms with Gasteiger partial charge < -0.3 is 15.2 Å². The molecule has 0 atom stereocenters. The van der Waals surface area contributed by atoms with Crippen LogP contribution >= 0.6 is 0 Å². The molecule has 0 unspecified atom stereocenters. The summed E-state index contributed by atoms with van der Waals surface area (Å²) < 4.78 is 33.2. The monoisotopic (exact) mass is 465 g/mol. The maximum Gasteiger partial charge on any atom is 0.272 e. The summed E-state index contributed by atoms with van der Waals surface area (Å²) in [5, 5.41) is 18.6. The van der Waals surface area contributed by atoms with E-state index in [4.69, 9.17) is 4.74 Å². The number of hydrogen-bond acceptors (Lipinski definition) is 6. The normalized spacial score (nSPS) is 25.2. The number of alkyl halides is 2. The van der Waals surface area contributed by atoms with Crippen molar-refractivity contribution in [1.82, 2.24) is 14.6 Å². The first-order chi connectivity index (χ1) is 16.4. The minimum absolute atomic E-state index is 0.105. The van der Waals surface area contributed by atoms with Gasteiger partial charge in [0.25, 0.3) is 6.43 Å². The zero-order valence-electron chi connectivity index (χ0n) is 18.5. The molecule has 0 radical (unpaired) electrons. The van der Waals surface area contributed by atoms with Crippen LogP contribution in [0.15, 0.2) is 47.6 Å². The van der Waals surface area contributed by atoms with Crippen molar-refractivity contribution in [1.29, 1.82) is 0 Å². The average Bonchev–Trinajstić information content (AvgIpc) is 3.41. The molecule has 2 aliphatic carbocycles. The molecule has 0 saturated heterocycles. The molecule has 2 fully saturated rings. The molecule has 3 aliphatic rings. The van der Waals surface area contributed by atoms with E-state index in [0.29, 0.717) is 17.9 Å². The molecule has 2 N–H and O–H groups in total. The second-order valence-electron chi connectivity index (χ2n) is 9.53. The quantitative estimate of drug-likeness (QED) is 0.551. The molecule has 6 rings (SSSR count). The first kappa shape index (κ1) is 21.2. The van der Waals surface area contributed by atoms with Crippen molar-refractivity contribution in [2.24, 2.45) is 4.99 Å². The summed E-state index contributed by atoms with van der Waals surface area (Å²) in [7, 11) is 0. The molecule has 3 aromatic rings. The van der Waals surface area contributed by atoms with Crippen molar-refractivity contribution in [3.63, 3.8) is 0 Å². The van der Waals surface area contributed by atoms with Gasteiger partial charge in [-0.1, -0.05) is 12.1 Å². The van der Waals surface area contributed by atoms with Crippen LogP contribution in [0.4, 0.5) is 20.4 Å². The zero-order valence-corrected chi connectivity index (χ0v) is 18.5. The van der Waals surface area contributed by atoms with Crippen LogP contribution in [0.1, 0.15) is 37.7 Å². The van der Waals surface area contributed by atoms with E-state index >= 15 is 0 Å². The Labute approximate surface area is 195 Å². The molecule has 2 saturated carbocycles. The number of halogens is 2. The topological polar surface area (TPSA) is 84.0 Å². The summed E-state index contributed by atoms with van der Waals surface area (Å²) in [6.45, 7) is -0.759. The molecule has 9 heteroatoms. The van der Waals surface area contributed by atoms with Crippen LogP contribution in [0, 0.1) is 0 Å². The fraction of sp³-hybridized carbons (Fsp3) is 0.400. The number of aliphatic hydroxyl groups is 1. The second kappa shape index (κ2) is 7.87. The molecule has 34 heavy (non-hydrogen) atoms. The molecule has 176 valence electrons. The fourth-order valence-corrected chi connectivity index (χ4v) is 5.53. The summed E-state index contributed by atoms with van der Waals surface area (Å²) >= 11 is 0. The van der Waals surface area contributed by atoms with Crippen molar-refractivity contribution >= 4 is 23.4 Å². The minimum Gasteiger partial charge on any atom is -0.470 e. The van der Waals surface area contributed by atoms with E-state index in [1.807, 2.05) is 30.4 Å². The van der Waals surface area contributed by atoms with Crippen LogP contribution in [0.25, 0.3) is 16.6 Å². The Bertz CT molecular complexity index is 1310. The number of fused-ring (bicyclic) bond motifs is 4. The van der Waals surface area contributed by atoms with Crippen LogP contribution in [0.3, 0.4) is 0 Å². The molecule has 0 spiro atoms. The Morgan fingerprint density at radius 2 is 2.03 bits per heavy atom. The first-order valence-corrected chi connectivity index (χ1v) is 11.6. The highest BCUT2D eigenvalue weighted by Crippen LogP contribution is 2.51. The van der Waals surface area contributed by atoms with Gasteiger partial charge in [0, 0.05) is 23.5 Å². The lowest BCUT2D eigenvalue weighted by Crippen LogP contribution is -2.34. The highest BCUT2D eigenvalue weighted by Gasteiger charge is 2.53. The third-order valence-corrected chi connectivity index (χ3v) is 7.17. The van der Waals surface area contributed by atoms with Crippen molar-refractivity contribution < 1.29 is 18.6 Å². The lowest BCUT2D eigenvalue weighted by molar-refractivity contribution is 0.0521. The van der Waals surface area contributed by atoms with Gasteiger partial charge in [-0.15, -0.1) is 5.10 Å². The van der Waals surface area contributed by atoms with E-state index in [9.17, 15) is 13.9 Å². The van der Waals surface area contributed by atoms with E-state index in [1.165, 1.54) is 0 Å². The van der Waals surface area contributed by atoms with Crippen LogP contribution in [0.2, 0.25) is 0 Å². The maximum absolute atomic E-state index is 13.1. The van der Waals surface area contributed by atoms with Gasteiger partial charge in [-0.05, 0) is 73.9 Å². The van der Waals surface area contributed by atoms with Gasteiger partial charge in [-0.3, -0.25) is 4.99 Å². The van der Waals surface area contributed by atoms with E-state index in [0.717, 1.165) is 54.5 Å². The summed E-state index contributed by atoms with van der Waals surface area (Å²) in [5.74, 6) is 0.416. The van der Waals surface area contributed by atoms with Gasteiger partial charge in [0.15, 0.2) is 6.61 Å². The predicted molar refractivity (Wildman–Crippen MR) is 125 cm³/mol. The molecule has 2 bridgehead atoms. The Balaban J connectivity index is 1.40. The average molecular weight is 466 g/mol. The Hall–Kier alpha value is -3.33. The Morgan fingerprint density at radius 1 is 1.18 bits per heavy atom. The highest BCUT2D eigenvalue weighted by atomic mass is 19.3. The Kier molecular flexibility index (Phi) is 4.91. The number of anilines is 1. The maximum atomic E-state index is 13.1. The van der Waals surface area contributed by atoms with Crippen LogP contribution in [0.5, 0.6) is 5.88 Å². The molecule has 1 aromatic carbocycles. The van der Waals surface area contributed by atoms with E-state index in [2.05, 4.69) is 26.5 Å². The van der Waals surface area contributed by atoms with Gasteiger partial charge in [0.2, 0.25) is 11.8 Å². The van der Waals surface area contributed by atoms with Crippen LogP contribution in [-0.4, -0.2) is 50.1 Å². The molecule has 7 nitrogen and oxygen atoms in total. The number of ether oxygens (including phenoxy) is 1. The van der Waals surface area contributed by atoms with Gasteiger partial charge in [0.05, 0.1) is 11.3 Å². The minimum atomic E-state index is -2.62. The summed E-state index contributed by atoms with van der Waals surface area (Å²) in [6.07, 6.45) is 9.40. The van der Waals surface area contributed by atoms with Gasteiger partial charge in [0.1, 0.15) is 5.52 Å². The molecular formula is C25H25F2N5O2. The smallest absolute Gasteiger partial charge is 0.272 e. The van der Waals surface area contributed by atoms with Crippen molar-refractivity contribution in [3.05, 3.63) is 48.2 Å². The third kappa shape index (κ3) is 3.73. The summed E-state index contributed by atoms with van der Waals surface area (Å²) in [4.78, 5) is 8.96. The number of nitrogens with zero attached hydrogens (tertiary/aromatic N) is 4. The van der Waals surface area contributed by atoms with Crippen molar-refractivity contribution in [2.75, 3.05) is 11.9 Å². The summed E-state index contributed by atoms with van der Waals surface area (Å²) in [5.41, 5.74) is 3.32. The number of aromatic nitrogens is 3. The van der Waals surface area contributed by atoms with Crippen LogP contribution < -0.4 is 10.1 Å². The number of aliphatic imine (C=N–C) groups is 1. The van der Waals surface area contributed by atoms with E-state index in [1.54, 1.807) is 16.9 Å². The van der Waals surface area contributed by atoms with E-state index in [-0.39, 0.29) is 11.4 Å². The molecule has 2 aromatic heterocycles.